The SMILES string of the molecule is CC[C@@H](OC(=O)CSc1nnc(-c2ccc(Cl)cc2)o1)C(=O)Nc1cc(C)on1. The number of ether oxygens (including phenoxy) is 1. The second kappa shape index (κ2) is 9.57. The molecule has 3 aromatic rings. The lowest BCUT2D eigenvalue weighted by Crippen LogP contribution is -2.32. The zero-order valence-corrected chi connectivity index (χ0v) is 17.1. The Labute approximate surface area is 175 Å². The lowest BCUT2D eigenvalue weighted by Gasteiger charge is -2.14. The average Bonchev–Trinajstić information content (AvgIpc) is 3.34. The Bertz CT molecular complexity index is 988. The van der Waals surface area contributed by atoms with Gasteiger partial charge in [0.15, 0.2) is 11.9 Å². The van der Waals surface area contributed by atoms with Gasteiger partial charge in [0.05, 0.1) is 0 Å². The molecule has 3 rings (SSSR count). The molecule has 29 heavy (non-hydrogen) atoms. The number of rotatable bonds is 8. The Morgan fingerprint density at radius 1 is 1.28 bits per heavy atom. The summed E-state index contributed by atoms with van der Waals surface area (Å²) in [5.74, 6) is -0.0289. The van der Waals surface area contributed by atoms with Crippen LogP contribution >= 0.6 is 23.4 Å². The number of esters is 1. The van der Waals surface area contributed by atoms with Crippen LogP contribution in [-0.4, -0.2) is 39.1 Å². The summed E-state index contributed by atoms with van der Waals surface area (Å²) in [6.45, 7) is 3.43. The summed E-state index contributed by atoms with van der Waals surface area (Å²) >= 11 is 6.87. The molecule has 9 nitrogen and oxygen atoms in total. The van der Waals surface area contributed by atoms with Crippen molar-refractivity contribution in [3.8, 4) is 11.5 Å². The van der Waals surface area contributed by atoms with Crippen LogP contribution in [0.5, 0.6) is 0 Å². The third-order valence-corrected chi connectivity index (χ3v) is 4.67. The maximum atomic E-state index is 12.2. The van der Waals surface area contributed by atoms with E-state index in [4.69, 9.17) is 25.3 Å². The molecule has 152 valence electrons. The fraction of sp³-hybridized carbons (Fsp3) is 0.278. The van der Waals surface area contributed by atoms with Gasteiger partial charge in [0.25, 0.3) is 11.1 Å². The fourth-order valence-electron chi connectivity index (χ4n) is 2.24. The molecule has 0 spiro atoms. The van der Waals surface area contributed by atoms with Crippen LogP contribution in [0.1, 0.15) is 19.1 Å². The van der Waals surface area contributed by atoms with Crippen molar-refractivity contribution in [2.45, 2.75) is 31.6 Å². The third kappa shape index (κ3) is 5.81. The zero-order chi connectivity index (χ0) is 20.8. The normalized spacial score (nSPS) is 11.8. The van der Waals surface area contributed by atoms with E-state index >= 15 is 0 Å². The first-order valence-corrected chi connectivity index (χ1v) is 9.97. The highest BCUT2D eigenvalue weighted by atomic mass is 35.5. The van der Waals surface area contributed by atoms with Crippen LogP contribution < -0.4 is 5.32 Å². The van der Waals surface area contributed by atoms with E-state index in [0.717, 1.165) is 11.8 Å². The van der Waals surface area contributed by atoms with Crippen molar-refractivity contribution in [2.75, 3.05) is 11.1 Å². The second-order valence-corrected chi connectivity index (χ2v) is 7.23. The fourth-order valence-corrected chi connectivity index (χ4v) is 2.92. The molecule has 1 amide bonds. The number of anilines is 1. The topological polar surface area (TPSA) is 120 Å². The molecule has 1 aromatic carbocycles. The molecule has 0 aliphatic carbocycles. The molecule has 0 aliphatic rings. The molecule has 1 atom stereocenters. The molecule has 0 radical (unpaired) electrons. The maximum absolute atomic E-state index is 12.2. The van der Waals surface area contributed by atoms with Crippen molar-refractivity contribution < 1.29 is 23.3 Å². The van der Waals surface area contributed by atoms with Gasteiger partial charge in [-0.2, -0.15) is 0 Å². The van der Waals surface area contributed by atoms with Gasteiger partial charge in [-0.25, -0.2) is 0 Å². The maximum Gasteiger partial charge on any atom is 0.317 e. The summed E-state index contributed by atoms with van der Waals surface area (Å²) in [6, 6.07) is 8.48. The van der Waals surface area contributed by atoms with Crippen LogP contribution in [0.3, 0.4) is 0 Å². The molecule has 0 aliphatic heterocycles. The first-order chi connectivity index (χ1) is 13.9. The molecule has 2 heterocycles. The van der Waals surface area contributed by atoms with E-state index in [9.17, 15) is 9.59 Å². The van der Waals surface area contributed by atoms with Crippen molar-refractivity contribution >= 4 is 41.1 Å². The molecule has 11 heteroatoms. The van der Waals surface area contributed by atoms with Gasteiger partial charge in [-0.3, -0.25) is 9.59 Å². The van der Waals surface area contributed by atoms with E-state index in [-0.39, 0.29) is 16.8 Å². The number of carbonyl (C=O) groups is 2. The van der Waals surface area contributed by atoms with E-state index in [1.54, 1.807) is 44.2 Å². The van der Waals surface area contributed by atoms with Crippen molar-refractivity contribution in [1.29, 1.82) is 0 Å². The number of aryl methyl sites for hydroxylation is 1. The number of thioether (sulfide) groups is 1. The van der Waals surface area contributed by atoms with E-state index in [1.165, 1.54) is 0 Å². The van der Waals surface area contributed by atoms with Crippen molar-refractivity contribution in [1.82, 2.24) is 15.4 Å². The highest BCUT2D eigenvalue weighted by molar-refractivity contribution is 7.99. The lowest BCUT2D eigenvalue weighted by molar-refractivity contribution is -0.151. The monoisotopic (exact) mass is 436 g/mol. The molecule has 0 saturated heterocycles. The minimum Gasteiger partial charge on any atom is -0.452 e. The molecule has 0 saturated carbocycles. The number of hydrogen-bond acceptors (Lipinski definition) is 9. The Morgan fingerprint density at radius 2 is 2.03 bits per heavy atom. The van der Waals surface area contributed by atoms with Gasteiger partial charge in [-0.1, -0.05) is 35.4 Å². The second-order valence-electron chi connectivity index (χ2n) is 5.87. The Morgan fingerprint density at radius 3 is 2.69 bits per heavy atom. The molecule has 0 bridgehead atoms. The van der Waals surface area contributed by atoms with Crippen LogP contribution in [0.25, 0.3) is 11.5 Å². The summed E-state index contributed by atoms with van der Waals surface area (Å²) in [4.78, 5) is 24.3. The Hall–Kier alpha value is -2.85. The van der Waals surface area contributed by atoms with Gasteiger partial charge in [-0.05, 0) is 37.6 Å². The van der Waals surface area contributed by atoms with Crippen molar-refractivity contribution in [3.63, 3.8) is 0 Å². The van der Waals surface area contributed by atoms with Crippen LogP contribution in [-0.2, 0) is 14.3 Å². The lowest BCUT2D eigenvalue weighted by atomic mass is 10.2. The molecule has 1 N–H and O–H groups in total. The first-order valence-electron chi connectivity index (χ1n) is 8.60. The number of aromatic nitrogens is 3. The minimum atomic E-state index is -0.951. The number of amides is 1. The summed E-state index contributed by atoms with van der Waals surface area (Å²) < 4.78 is 15.6. The largest absolute Gasteiger partial charge is 0.452 e. The highest BCUT2D eigenvalue weighted by Crippen LogP contribution is 2.24. The van der Waals surface area contributed by atoms with Gasteiger partial charge >= 0.3 is 5.97 Å². The molecule has 0 fully saturated rings. The minimum absolute atomic E-state index is 0.0882. The number of nitrogens with one attached hydrogen (secondary N) is 1. The summed E-state index contributed by atoms with van der Waals surface area (Å²) in [5.41, 5.74) is 0.710. The first kappa shape index (κ1) is 20.9. The van der Waals surface area contributed by atoms with Gasteiger partial charge in [0.2, 0.25) is 5.89 Å². The number of halogens is 1. The standard InChI is InChI=1S/C18H17ClN4O5S/c1-3-13(16(25)20-14-8-10(2)28-23-14)26-15(24)9-29-18-22-21-17(27-18)11-4-6-12(19)7-5-11/h4-8,13H,3,9H2,1-2H3,(H,20,23,25)/t13-/m1/s1. The Balaban J connectivity index is 1.50. The summed E-state index contributed by atoms with van der Waals surface area (Å²) in [7, 11) is 0. The molecule has 2 aromatic heterocycles. The third-order valence-electron chi connectivity index (χ3n) is 3.63. The summed E-state index contributed by atoms with van der Waals surface area (Å²) in [5, 5.41) is 14.8. The van der Waals surface area contributed by atoms with Crippen molar-refractivity contribution in [2.24, 2.45) is 0 Å². The highest BCUT2D eigenvalue weighted by Gasteiger charge is 2.23. The summed E-state index contributed by atoms with van der Waals surface area (Å²) in [6.07, 6.45) is -0.646. The molecule has 0 unspecified atom stereocenters. The Kier molecular flexibility index (Phi) is 6.89. The predicted molar refractivity (Wildman–Crippen MR) is 106 cm³/mol. The van der Waals surface area contributed by atoms with Crippen molar-refractivity contribution in [3.05, 3.63) is 41.1 Å². The number of nitrogens with zero attached hydrogens (tertiary/aromatic N) is 3. The van der Waals surface area contributed by atoms with E-state index in [1.807, 2.05) is 0 Å². The zero-order valence-electron chi connectivity index (χ0n) is 15.5. The molecular weight excluding hydrogens is 420 g/mol. The van der Waals surface area contributed by atoms with E-state index in [0.29, 0.717) is 28.7 Å². The van der Waals surface area contributed by atoms with Gasteiger partial charge in [0, 0.05) is 16.7 Å². The van der Waals surface area contributed by atoms with Crippen LogP contribution in [0.4, 0.5) is 5.82 Å². The number of benzene rings is 1. The van der Waals surface area contributed by atoms with E-state index in [2.05, 4.69) is 20.7 Å². The molecular formula is C18H17ClN4O5S. The number of hydrogen-bond donors (Lipinski definition) is 1. The smallest absolute Gasteiger partial charge is 0.317 e. The van der Waals surface area contributed by atoms with Gasteiger partial charge in [-0.15, -0.1) is 10.2 Å². The van der Waals surface area contributed by atoms with Gasteiger partial charge < -0.3 is 19.0 Å². The van der Waals surface area contributed by atoms with Crippen LogP contribution in [0.2, 0.25) is 5.02 Å². The van der Waals surface area contributed by atoms with Crippen LogP contribution in [0.15, 0.2) is 44.5 Å². The quantitative estimate of drug-likeness (QED) is 0.415. The van der Waals surface area contributed by atoms with Gasteiger partial charge in [0.1, 0.15) is 11.5 Å². The predicted octanol–water partition coefficient (Wildman–Crippen LogP) is 3.74. The van der Waals surface area contributed by atoms with Crippen LogP contribution in [0, 0.1) is 6.92 Å². The number of carbonyl (C=O) groups excluding carboxylic acids is 2. The average molecular weight is 437 g/mol. The van der Waals surface area contributed by atoms with E-state index < -0.39 is 18.0 Å².